The quantitative estimate of drug-likeness (QED) is 0.202. The highest BCUT2D eigenvalue weighted by Gasteiger charge is 2.37. The molecule has 2 aliphatic rings. The smallest absolute Gasteiger partial charge is 0.116 e. The van der Waals surface area contributed by atoms with E-state index in [1.165, 1.54) is 106 Å². The molecule has 214 valence electrons. The van der Waals surface area contributed by atoms with Gasteiger partial charge in [0.1, 0.15) is 5.75 Å². The molecule has 2 aromatic carbocycles. The van der Waals surface area contributed by atoms with E-state index in [0.717, 1.165) is 36.5 Å². The van der Waals surface area contributed by atoms with Gasteiger partial charge in [0.15, 0.2) is 0 Å². The molecule has 0 amide bonds. The Morgan fingerprint density at radius 3 is 2.46 bits per heavy atom. The van der Waals surface area contributed by atoms with Crippen LogP contribution < -0.4 is 0 Å². The van der Waals surface area contributed by atoms with Crippen LogP contribution in [0.2, 0.25) is 0 Å². The second kappa shape index (κ2) is 14.6. The predicted molar refractivity (Wildman–Crippen MR) is 168 cm³/mol. The van der Waals surface area contributed by atoms with Gasteiger partial charge in [0.2, 0.25) is 0 Å². The number of benzene rings is 2. The van der Waals surface area contributed by atoms with E-state index in [4.69, 9.17) is 0 Å². The van der Waals surface area contributed by atoms with Crippen LogP contribution in [0.15, 0.2) is 54.6 Å². The van der Waals surface area contributed by atoms with Crippen molar-refractivity contribution in [2.45, 2.75) is 124 Å². The highest BCUT2D eigenvalue weighted by molar-refractivity contribution is 5.39. The molecule has 0 unspecified atom stereocenters. The number of phenols is 1. The molecule has 0 aliphatic heterocycles. The highest BCUT2D eigenvalue weighted by atomic mass is 16.3. The summed E-state index contributed by atoms with van der Waals surface area (Å²) < 4.78 is 0. The first-order chi connectivity index (χ1) is 18.8. The van der Waals surface area contributed by atoms with E-state index in [1.807, 2.05) is 12.1 Å². The van der Waals surface area contributed by atoms with Gasteiger partial charge in [-0.1, -0.05) is 115 Å². The first-order valence-corrected chi connectivity index (χ1v) is 16.4. The molecule has 0 heterocycles. The molecular weight excluding hydrogens is 472 g/mol. The molecule has 1 saturated carbocycles. The monoisotopic (exact) mass is 528 g/mol. The number of phenolic OH excluding ortho intramolecular Hbond substituents is 1. The van der Waals surface area contributed by atoms with Crippen molar-refractivity contribution < 1.29 is 5.11 Å². The fourth-order valence-corrected chi connectivity index (χ4v) is 7.74. The summed E-state index contributed by atoms with van der Waals surface area (Å²) in [7, 11) is 0. The van der Waals surface area contributed by atoms with Gasteiger partial charge in [-0.05, 0) is 115 Å². The number of hydrogen-bond donors (Lipinski definition) is 1. The average molecular weight is 529 g/mol. The standard InChI is InChI=1S/C38H56O/c1-29(2)14-8-6-5-7-9-17-34-18-10-11-19-35(34)24-33-23-32(26-37(39)27-33)22-31-16-12-20-36(25-31)38(4)21-13-15-30(3)28-38/h10-11,13,18-19,21,23,26-27,29-31,36,39H,5-9,12,14-17,20,22,24-25,28H2,1-4H3/t30-,31-,36-,38-/m0/s1. The normalized spacial score (nSPS) is 25.3. The van der Waals surface area contributed by atoms with E-state index in [0.29, 0.717) is 11.2 Å². The van der Waals surface area contributed by atoms with Crippen molar-refractivity contribution in [3.05, 3.63) is 76.9 Å². The highest BCUT2D eigenvalue weighted by Crippen LogP contribution is 2.48. The van der Waals surface area contributed by atoms with Gasteiger partial charge < -0.3 is 5.11 Å². The van der Waals surface area contributed by atoms with Gasteiger partial charge in [-0.25, -0.2) is 0 Å². The second-order valence-electron chi connectivity index (χ2n) is 14.0. The Morgan fingerprint density at radius 1 is 0.923 bits per heavy atom. The third-order valence-electron chi connectivity index (χ3n) is 9.84. The van der Waals surface area contributed by atoms with E-state index in [-0.39, 0.29) is 0 Å². The van der Waals surface area contributed by atoms with Crippen LogP contribution in [0.5, 0.6) is 5.75 Å². The summed E-state index contributed by atoms with van der Waals surface area (Å²) >= 11 is 0. The molecule has 4 rings (SSSR count). The Morgan fingerprint density at radius 2 is 1.67 bits per heavy atom. The molecule has 1 heteroatoms. The van der Waals surface area contributed by atoms with E-state index in [1.54, 1.807) is 0 Å². The SMILES string of the molecule is CC(C)CCCCCCCc1ccccc1Cc1cc(O)cc(C[C@@H]2CCC[C@H]([C@@]3(C)C=CC[C@H](C)C3)C2)c1. The lowest BCUT2D eigenvalue weighted by Gasteiger charge is -2.43. The number of unbranched alkanes of at least 4 members (excludes halogenated alkanes) is 4. The summed E-state index contributed by atoms with van der Waals surface area (Å²) in [6, 6.07) is 15.4. The van der Waals surface area contributed by atoms with Crippen LogP contribution in [0.1, 0.15) is 127 Å². The Bertz CT molecular complexity index is 1050. The van der Waals surface area contributed by atoms with Gasteiger partial charge in [0.25, 0.3) is 0 Å². The van der Waals surface area contributed by atoms with Gasteiger partial charge in [0.05, 0.1) is 0 Å². The summed E-state index contributed by atoms with van der Waals surface area (Å²) in [5.41, 5.74) is 5.88. The Kier molecular flexibility index (Phi) is 11.2. The van der Waals surface area contributed by atoms with Crippen LogP contribution in [-0.4, -0.2) is 5.11 Å². The van der Waals surface area contributed by atoms with Crippen molar-refractivity contribution in [1.29, 1.82) is 0 Å². The maximum atomic E-state index is 10.7. The van der Waals surface area contributed by atoms with E-state index in [2.05, 4.69) is 70.2 Å². The van der Waals surface area contributed by atoms with Crippen molar-refractivity contribution in [3.63, 3.8) is 0 Å². The van der Waals surface area contributed by atoms with Crippen molar-refractivity contribution in [1.82, 2.24) is 0 Å². The Hall–Kier alpha value is -2.02. The molecule has 1 nitrogen and oxygen atoms in total. The van der Waals surface area contributed by atoms with Crippen molar-refractivity contribution in [2.75, 3.05) is 0 Å². The lowest BCUT2D eigenvalue weighted by molar-refractivity contribution is 0.119. The lowest BCUT2D eigenvalue weighted by atomic mass is 9.61. The minimum Gasteiger partial charge on any atom is -0.508 e. The molecule has 0 spiro atoms. The molecule has 4 atom stereocenters. The molecule has 2 aromatic rings. The molecule has 39 heavy (non-hydrogen) atoms. The first-order valence-electron chi connectivity index (χ1n) is 16.4. The second-order valence-corrected chi connectivity index (χ2v) is 14.0. The average Bonchev–Trinajstić information content (AvgIpc) is 2.88. The molecule has 1 fully saturated rings. The third kappa shape index (κ3) is 9.26. The van der Waals surface area contributed by atoms with Gasteiger partial charge in [-0.2, -0.15) is 0 Å². The van der Waals surface area contributed by atoms with Gasteiger partial charge in [-0.3, -0.25) is 0 Å². The maximum Gasteiger partial charge on any atom is 0.116 e. The van der Waals surface area contributed by atoms with Crippen LogP contribution >= 0.6 is 0 Å². The van der Waals surface area contributed by atoms with E-state index < -0.39 is 0 Å². The number of hydrogen-bond acceptors (Lipinski definition) is 1. The molecule has 0 aromatic heterocycles. The summed E-state index contributed by atoms with van der Waals surface area (Å²) in [6.45, 7) is 9.59. The first kappa shape index (κ1) is 30.0. The maximum absolute atomic E-state index is 10.7. The molecule has 1 N–H and O–H groups in total. The van der Waals surface area contributed by atoms with Gasteiger partial charge in [0, 0.05) is 0 Å². The molecule has 2 aliphatic carbocycles. The van der Waals surface area contributed by atoms with Crippen molar-refractivity contribution >= 4 is 0 Å². The van der Waals surface area contributed by atoms with E-state index in [9.17, 15) is 5.11 Å². The number of rotatable bonds is 13. The summed E-state index contributed by atoms with van der Waals surface area (Å²) in [6.07, 6.45) is 24.3. The van der Waals surface area contributed by atoms with Gasteiger partial charge in [-0.15, -0.1) is 0 Å². The number of aromatic hydroxyl groups is 1. The largest absolute Gasteiger partial charge is 0.508 e. The fourth-order valence-electron chi connectivity index (χ4n) is 7.74. The Labute approximate surface area is 240 Å². The fraction of sp³-hybridized carbons (Fsp3) is 0.632. The lowest BCUT2D eigenvalue weighted by Crippen LogP contribution is -2.33. The van der Waals surface area contributed by atoms with Crippen LogP contribution in [0.4, 0.5) is 0 Å². The van der Waals surface area contributed by atoms with Crippen LogP contribution in [-0.2, 0) is 19.3 Å². The molecule has 0 saturated heterocycles. The number of aryl methyl sites for hydroxylation is 1. The molecule has 0 radical (unpaired) electrons. The third-order valence-corrected chi connectivity index (χ3v) is 9.84. The van der Waals surface area contributed by atoms with Crippen molar-refractivity contribution in [2.24, 2.45) is 29.1 Å². The van der Waals surface area contributed by atoms with E-state index >= 15 is 0 Å². The minimum atomic E-state index is 0.373. The zero-order valence-corrected chi connectivity index (χ0v) is 25.6. The van der Waals surface area contributed by atoms with Gasteiger partial charge >= 0.3 is 0 Å². The topological polar surface area (TPSA) is 20.2 Å². The minimum absolute atomic E-state index is 0.373. The van der Waals surface area contributed by atoms with Crippen LogP contribution in [0, 0.1) is 29.1 Å². The van der Waals surface area contributed by atoms with Crippen LogP contribution in [0.25, 0.3) is 0 Å². The Balaban J connectivity index is 1.33. The van der Waals surface area contributed by atoms with Crippen LogP contribution in [0.3, 0.4) is 0 Å². The predicted octanol–water partition coefficient (Wildman–Crippen LogP) is 10.9. The zero-order valence-electron chi connectivity index (χ0n) is 25.6. The zero-order chi connectivity index (χ0) is 27.7. The summed E-state index contributed by atoms with van der Waals surface area (Å²) in [5.74, 6) is 3.61. The molecule has 0 bridgehead atoms. The molecular formula is C38H56O. The summed E-state index contributed by atoms with van der Waals surface area (Å²) in [5, 5.41) is 10.7. The summed E-state index contributed by atoms with van der Waals surface area (Å²) in [4.78, 5) is 0. The van der Waals surface area contributed by atoms with Crippen molar-refractivity contribution in [3.8, 4) is 5.75 Å². The number of allylic oxidation sites excluding steroid dienone is 2.